The van der Waals surface area contributed by atoms with Gasteiger partial charge in [-0.05, 0) is 19.8 Å². The van der Waals surface area contributed by atoms with Gasteiger partial charge in [0.05, 0.1) is 0 Å². The quantitative estimate of drug-likeness (QED) is 0.612. The Balaban J connectivity index is 2.21. The van der Waals surface area contributed by atoms with Gasteiger partial charge in [0, 0.05) is 6.54 Å². The van der Waals surface area contributed by atoms with Gasteiger partial charge in [0.1, 0.15) is 0 Å². The summed E-state index contributed by atoms with van der Waals surface area (Å²) in [6, 6.07) is 0. The average molecular weight is 157 g/mol. The molecule has 1 saturated carbocycles. The zero-order chi connectivity index (χ0) is 8.32. The fourth-order valence-corrected chi connectivity index (χ4v) is 0.765. The Morgan fingerprint density at radius 1 is 1.73 bits per heavy atom. The van der Waals surface area contributed by atoms with Gasteiger partial charge in [0.15, 0.2) is 5.67 Å². The predicted octanol–water partition coefficient (Wildman–Crippen LogP) is 1.18. The second-order valence-corrected chi connectivity index (χ2v) is 2.74. The zero-order valence-corrected chi connectivity index (χ0v) is 6.56. The van der Waals surface area contributed by atoms with E-state index in [1.54, 1.807) is 6.08 Å². The normalized spacial score (nSPS) is 20.2. The van der Waals surface area contributed by atoms with E-state index in [9.17, 15) is 9.18 Å². The van der Waals surface area contributed by atoms with Crippen LogP contribution in [0.25, 0.3) is 0 Å². The minimum Gasteiger partial charge on any atom is -0.350 e. The number of rotatable bonds is 3. The lowest BCUT2D eigenvalue weighted by Gasteiger charge is -2.03. The molecule has 1 N–H and O–H groups in total. The molecule has 0 aromatic rings. The highest BCUT2D eigenvalue weighted by atomic mass is 19.1. The Bertz CT molecular complexity index is 185. The Kier molecular flexibility index (Phi) is 2.27. The van der Waals surface area contributed by atoms with Crippen molar-refractivity contribution in [2.24, 2.45) is 0 Å². The van der Waals surface area contributed by atoms with Gasteiger partial charge in [-0.15, -0.1) is 0 Å². The van der Waals surface area contributed by atoms with Gasteiger partial charge in [0.25, 0.3) is 5.91 Å². The molecule has 0 bridgehead atoms. The maximum absolute atomic E-state index is 12.9. The van der Waals surface area contributed by atoms with Crippen LogP contribution in [-0.2, 0) is 4.79 Å². The monoisotopic (exact) mass is 157 g/mol. The van der Waals surface area contributed by atoms with Crippen LogP contribution in [0.5, 0.6) is 0 Å². The summed E-state index contributed by atoms with van der Waals surface area (Å²) in [4.78, 5) is 10.9. The van der Waals surface area contributed by atoms with Crippen molar-refractivity contribution in [2.45, 2.75) is 25.4 Å². The molecule has 0 aliphatic heterocycles. The first kappa shape index (κ1) is 8.24. The van der Waals surface area contributed by atoms with Crippen LogP contribution in [0.4, 0.5) is 4.39 Å². The van der Waals surface area contributed by atoms with Crippen LogP contribution < -0.4 is 5.32 Å². The number of alkyl halides is 1. The van der Waals surface area contributed by atoms with E-state index >= 15 is 0 Å². The van der Waals surface area contributed by atoms with E-state index in [1.807, 2.05) is 13.0 Å². The van der Waals surface area contributed by atoms with Gasteiger partial charge in [-0.3, -0.25) is 4.79 Å². The van der Waals surface area contributed by atoms with Crippen molar-refractivity contribution in [1.82, 2.24) is 5.32 Å². The van der Waals surface area contributed by atoms with Crippen LogP contribution in [0.1, 0.15) is 19.8 Å². The largest absolute Gasteiger partial charge is 0.350 e. The molecule has 2 nitrogen and oxygen atoms in total. The Hall–Kier alpha value is -0.860. The molecule has 1 rings (SSSR count). The van der Waals surface area contributed by atoms with E-state index in [2.05, 4.69) is 5.32 Å². The van der Waals surface area contributed by atoms with Gasteiger partial charge in [-0.2, -0.15) is 0 Å². The summed E-state index contributed by atoms with van der Waals surface area (Å²) in [5.74, 6) is -0.462. The molecule has 0 spiro atoms. The average Bonchev–Trinajstić information content (AvgIpc) is 2.70. The van der Waals surface area contributed by atoms with E-state index in [1.165, 1.54) is 0 Å². The van der Waals surface area contributed by atoms with Crippen molar-refractivity contribution in [3.05, 3.63) is 12.2 Å². The van der Waals surface area contributed by atoms with Gasteiger partial charge < -0.3 is 5.32 Å². The summed E-state index contributed by atoms with van der Waals surface area (Å²) >= 11 is 0. The first-order valence-corrected chi connectivity index (χ1v) is 3.77. The fourth-order valence-electron chi connectivity index (χ4n) is 0.765. The summed E-state index contributed by atoms with van der Waals surface area (Å²) < 4.78 is 12.9. The van der Waals surface area contributed by atoms with Crippen molar-refractivity contribution in [1.29, 1.82) is 0 Å². The molecular formula is C8H12FNO. The van der Waals surface area contributed by atoms with Crippen LogP contribution in [0, 0.1) is 0 Å². The fraction of sp³-hybridized carbons (Fsp3) is 0.625. The maximum Gasteiger partial charge on any atom is 0.257 e. The summed E-state index contributed by atoms with van der Waals surface area (Å²) in [6.45, 7) is 2.29. The highest BCUT2D eigenvalue weighted by Crippen LogP contribution is 2.39. The molecule has 0 atom stereocenters. The van der Waals surface area contributed by atoms with Gasteiger partial charge >= 0.3 is 0 Å². The number of hydrogen-bond acceptors (Lipinski definition) is 1. The number of allylic oxidation sites excluding steroid dienone is 1. The third kappa shape index (κ3) is 2.03. The Morgan fingerprint density at radius 3 is 2.82 bits per heavy atom. The lowest BCUT2D eigenvalue weighted by molar-refractivity contribution is -0.127. The van der Waals surface area contributed by atoms with Gasteiger partial charge in [0.2, 0.25) is 0 Å². The maximum atomic E-state index is 12.9. The van der Waals surface area contributed by atoms with E-state index in [0.717, 1.165) is 0 Å². The van der Waals surface area contributed by atoms with Gasteiger partial charge in [-0.25, -0.2) is 4.39 Å². The minimum absolute atomic E-state index is 0.384. The van der Waals surface area contributed by atoms with E-state index in [-0.39, 0.29) is 0 Å². The van der Waals surface area contributed by atoms with Gasteiger partial charge in [-0.1, -0.05) is 12.2 Å². The molecule has 11 heavy (non-hydrogen) atoms. The number of hydrogen-bond donors (Lipinski definition) is 1. The van der Waals surface area contributed by atoms with Crippen molar-refractivity contribution < 1.29 is 9.18 Å². The summed E-state index contributed by atoms with van der Waals surface area (Å²) in [5.41, 5.74) is -1.53. The Labute approximate surface area is 65.5 Å². The summed E-state index contributed by atoms with van der Waals surface area (Å²) in [5, 5.41) is 2.49. The van der Waals surface area contributed by atoms with Crippen LogP contribution in [0.15, 0.2) is 12.2 Å². The third-order valence-electron chi connectivity index (χ3n) is 1.71. The molecule has 0 aromatic heterocycles. The van der Waals surface area contributed by atoms with E-state index in [0.29, 0.717) is 19.4 Å². The number of carbonyl (C=O) groups excluding carboxylic acids is 1. The van der Waals surface area contributed by atoms with Crippen LogP contribution in [0.3, 0.4) is 0 Å². The zero-order valence-electron chi connectivity index (χ0n) is 6.56. The smallest absolute Gasteiger partial charge is 0.257 e. The highest BCUT2D eigenvalue weighted by molar-refractivity contribution is 5.87. The van der Waals surface area contributed by atoms with Crippen molar-refractivity contribution in [3.63, 3.8) is 0 Å². The molecule has 3 heteroatoms. The number of amides is 1. The number of carbonyl (C=O) groups is 1. The van der Waals surface area contributed by atoms with Crippen LogP contribution in [0.2, 0.25) is 0 Å². The molecule has 1 fully saturated rings. The predicted molar refractivity (Wildman–Crippen MR) is 40.9 cm³/mol. The molecule has 0 aromatic carbocycles. The topological polar surface area (TPSA) is 29.1 Å². The first-order chi connectivity index (χ1) is 5.19. The molecule has 62 valence electrons. The lowest BCUT2D eigenvalue weighted by atomic mass is 10.3. The number of nitrogens with one attached hydrogen (secondary N) is 1. The molecule has 0 saturated heterocycles. The summed E-state index contributed by atoms with van der Waals surface area (Å²) in [7, 11) is 0. The molecular weight excluding hydrogens is 145 g/mol. The number of halogens is 1. The molecule has 0 heterocycles. The lowest BCUT2D eigenvalue weighted by Crippen LogP contribution is -2.33. The van der Waals surface area contributed by atoms with Crippen molar-refractivity contribution in [3.8, 4) is 0 Å². The molecule has 1 aliphatic rings. The second-order valence-electron chi connectivity index (χ2n) is 2.74. The van der Waals surface area contributed by atoms with Crippen LogP contribution in [-0.4, -0.2) is 18.1 Å². The van der Waals surface area contributed by atoms with E-state index < -0.39 is 11.6 Å². The second kappa shape index (κ2) is 3.03. The minimum atomic E-state index is -1.53. The standard InChI is InChI=1S/C8H12FNO/c1-2-3-6-10-7(11)8(9)4-5-8/h2-3H,4-6H2,1H3,(H,10,11)/b3-2+. The summed E-state index contributed by atoms with van der Waals surface area (Å²) in [6.07, 6.45) is 4.37. The third-order valence-corrected chi connectivity index (χ3v) is 1.71. The molecule has 1 aliphatic carbocycles. The Morgan fingerprint density at radius 2 is 2.36 bits per heavy atom. The SMILES string of the molecule is C/C=C/CNC(=O)C1(F)CC1. The van der Waals surface area contributed by atoms with Crippen molar-refractivity contribution >= 4 is 5.91 Å². The van der Waals surface area contributed by atoms with E-state index in [4.69, 9.17) is 0 Å². The van der Waals surface area contributed by atoms with Crippen molar-refractivity contribution in [2.75, 3.05) is 6.54 Å². The highest BCUT2D eigenvalue weighted by Gasteiger charge is 2.50. The molecule has 1 amide bonds. The molecule has 0 radical (unpaired) electrons. The first-order valence-electron chi connectivity index (χ1n) is 3.77. The van der Waals surface area contributed by atoms with Crippen LogP contribution >= 0.6 is 0 Å². The molecule has 0 unspecified atom stereocenters.